The summed E-state index contributed by atoms with van der Waals surface area (Å²) in [4.78, 5) is 16.2. The van der Waals surface area contributed by atoms with Crippen molar-refractivity contribution in [3.8, 4) is 11.5 Å². The molecule has 0 unspecified atom stereocenters. The molecule has 0 bridgehead atoms. The van der Waals surface area contributed by atoms with Gasteiger partial charge in [0.2, 0.25) is 0 Å². The second-order valence-electron chi connectivity index (χ2n) is 5.51. The van der Waals surface area contributed by atoms with E-state index in [4.69, 9.17) is 15.2 Å². The lowest BCUT2D eigenvalue weighted by Gasteiger charge is -2.15. The molecule has 2 heterocycles. The summed E-state index contributed by atoms with van der Waals surface area (Å²) >= 11 is 0. The van der Waals surface area contributed by atoms with Crippen LogP contribution in [0.5, 0.6) is 11.5 Å². The number of ether oxygens (including phenoxy) is 2. The number of anilines is 2. The molecule has 1 amide bonds. The van der Waals surface area contributed by atoms with Crippen LogP contribution in [0.2, 0.25) is 0 Å². The molecule has 0 saturated heterocycles. The van der Waals surface area contributed by atoms with Gasteiger partial charge in [0.15, 0.2) is 5.65 Å². The summed E-state index contributed by atoms with van der Waals surface area (Å²) in [7, 11) is 4.94. The Morgan fingerprint density at radius 1 is 1.28 bits per heavy atom. The van der Waals surface area contributed by atoms with Crippen LogP contribution in [0.3, 0.4) is 0 Å². The maximum Gasteiger partial charge on any atom is 0.252 e. The van der Waals surface area contributed by atoms with Crippen LogP contribution < -0.4 is 20.5 Å². The summed E-state index contributed by atoms with van der Waals surface area (Å²) in [5.41, 5.74) is 8.42. The first-order valence-electron chi connectivity index (χ1n) is 7.57. The molecule has 0 aliphatic rings. The standard InChI is InChI=1S/C17H19N5O3/c1-9-14-15(11(16(18)23)8-19-17(14)22(2)21-9)20-12-6-5-10(24-3)7-13(12)25-4/h5-8H,1-4H3,(H2,18,23)(H,19,20). The summed E-state index contributed by atoms with van der Waals surface area (Å²) in [6.45, 7) is 1.85. The quantitative estimate of drug-likeness (QED) is 0.737. The van der Waals surface area contributed by atoms with Gasteiger partial charge < -0.3 is 20.5 Å². The van der Waals surface area contributed by atoms with Gasteiger partial charge >= 0.3 is 0 Å². The van der Waals surface area contributed by atoms with E-state index in [9.17, 15) is 4.79 Å². The van der Waals surface area contributed by atoms with Crippen molar-refractivity contribution in [3.63, 3.8) is 0 Å². The number of carbonyl (C=O) groups excluding carboxylic acids is 1. The summed E-state index contributed by atoms with van der Waals surface area (Å²) in [5, 5.41) is 8.35. The normalized spacial score (nSPS) is 10.7. The highest BCUT2D eigenvalue weighted by Gasteiger charge is 2.19. The number of fused-ring (bicyclic) bond motifs is 1. The lowest BCUT2D eigenvalue weighted by atomic mass is 10.1. The van der Waals surface area contributed by atoms with E-state index >= 15 is 0 Å². The largest absolute Gasteiger partial charge is 0.497 e. The van der Waals surface area contributed by atoms with Crippen LogP contribution in [-0.2, 0) is 7.05 Å². The first-order chi connectivity index (χ1) is 12.0. The SMILES string of the molecule is COc1ccc(Nc2c(C(N)=O)cnc3c2c(C)nn3C)c(OC)c1. The van der Waals surface area contributed by atoms with Crippen molar-refractivity contribution in [2.45, 2.75) is 6.92 Å². The van der Waals surface area contributed by atoms with E-state index in [1.807, 2.05) is 6.92 Å². The van der Waals surface area contributed by atoms with Gasteiger partial charge in [-0.1, -0.05) is 0 Å². The van der Waals surface area contributed by atoms with E-state index in [0.29, 0.717) is 28.5 Å². The number of hydrogen-bond acceptors (Lipinski definition) is 6. The molecule has 3 aromatic rings. The van der Waals surface area contributed by atoms with Gasteiger partial charge in [-0.2, -0.15) is 5.10 Å². The first kappa shape index (κ1) is 16.6. The smallest absolute Gasteiger partial charge is 0.252 e. The number of primary amides is 1. The molecule has 8 nitrogen and oxygen atoms in total. The Bertz CT molecular complexity index is 965. The lowest BCUT2D eigenvalue weighted by molar-refractivity contribution is 0.100. The molecule has 0 atom stereocenters. The minimum absolute atomic E-state index is 0.279. The number of hydrogen-bond donors (Lipinski definition) is 2. The second kappa shape index (κ2) is 6.31. The highest BCUT2D eigenvalue weighted by Crippen LogP contribution is 2.36. The second-order valence-corrected chi connectivity index (χ2v) is 5.51. The molecule has 2 aromatic heterocycles. The maximum atomic E-state index is 11.9. The fourth-order valence-corrected chi connectivity index (χ4v) is 2.76. The van der Waals surface area contributed by atoms with Crippen molar-refractivity contribution in [1.29, 1.82) is 0 Å². The van der Waals surface area contributed by atoms with Gasteiger partial charge in [-0.25, -0.2) is 4.98 Å². The molecule has 0 saturated carbocycles. The van der Waals surface area contributed by atoms with E-state index in [2.05, 4.69) is 15.4 Å². The summed E-state index contributed by atoms with van der Waals surface area (Å²) in [5.74, 6) is 0.656. The molecular formula is C17H19N5O3. The van der Waals surface area contributed by atoms with Crippen LogP contribution in [0.15, 0.2) is 24.4 Å². The molecule has 0 fully saturated rings. The molecule has 0 spiro atoms. The number of nitrogens with one attached hydrogen (secondary N) is 1. The zero-order chi connectivity index (χ0) is 18.1. The van der Waals surface area contributed by atoms with Crippen LogP contribution in [0, 0.1) is 6.92 Å². The molecular weight excluding hydrogens is 322 g/mol. The Balaban J connectivity index is 2.21. The van der Waals surface area contributed by atoms with Crippen molar-refractivity contribution in [2.75, 3.05) is 19.5 Å². The molecule has 130 valence electrons. The third-order valence-electron chi connectivity index (χ3n) is 3.96. The number of nitrogens with zero attached hydrogens (tertiary/aromatic N) is 3. The number of carbonyl (C=O) groups is 1. The lowest BCUT2D eigenvalue weighted by Crippen LogP contribution is -2.14. The Morgan fingerprint density at radius 2 is 2.04 bits per heavy atom. The monoisotopic (exact) mass is 341 g/mol. The van der Waals surface area contributed by atoms with E-state index in [-0.39, 0.29) is 5.56 Å². The van der Waals surface area contributed by atoms with E-state index < -0.39 is 5.91 Å². The number of methoxy groups -OCH3 is 2. The molecule has 25 heavy (non-hydrogen) atoms. The average Bonchev–Trinajstić information content (AvgIpc) is 2.89. The molecule has 0 aliphatic carbocycles. The van der Waals surface area contributed by atoms with Crippen molar-refractivity contribution in [1.82, 2.24) is 14.8 Å². The van der Waals surface area contributed by atoms with Crippen molar-refractivity contribution >= 4 is 28.3 Å². The minimum atomic E-state index is -0.576. The number of rotatable bonds is 5. The van der Waals surface area contributed by atoms with Gasteiger partial charge in [-0.3, -0.25) is 9.48 Å². The molecule has 3 rings (SSSR count). The van der Waals surface area contributed by atoms with Gasteiger partial charge in [0.05, 0.1) is 42.2 Å². The average molecular weight is 341 g/mol. The van der Waals surface area contributed by atoms with Gasteiger partial charge in [0.25, 0.3) is 5.91 Å². The Morgan fingerprint density at radius 3 is 2.68 bits per heavy atom. The molecule has 8 heteroatoms. The molecule has 3 N–H and O–H groups in total. The molecule has 0 aliphatic heterocycles. The van der Waals surface area contributed by atoms with Crippen LogP contribution in [0.25, 0.3) is 11.0 Å². The first-order valence-corrected chi connectivity index (χ1v) is 7.57. The van der Waals surface area contributed by atoms with E-state index in [1.165, 1.54) is 6.20 Å². The summed E-state index contributed by atoms with van der Waals surface area (Å²) in [6, 6.07) is 5.35. The predicted octanol–water partition coefficient (Wildman–Crippen LogP) is 2.14. The Labute approximate surface area is 144 Å². The van der Waals surface area contributed by atoms with Crippen molar-refractivity contribution in [3.05, 3.63) is 35.7 Å². The van der Waals surface area contributed by atoms with Gasteiger partial charge in [-0.05, 0) is 19.1 Å². The third-order valence-corrected chi connectivity index (χ3v) is 3.96. The minimum Gasteiger partial charge on any atom is -0.497 e. The predicted molar refractivity (Wildman–Crippen MR) is 94.6 cm³/mol. The highest BCUT2D eigenvalue weighted by molar-refractivity contribution is 6.07. The van der Waals surface area contributed by atoms with Gasteiger partial charge in [0, 0.05) is 19.3 Å². The van der Waals surface area contributed by atoms with Gasteiger partial charge in [0.1, 0.15) is 11.5 Å². The third kappa shape index (κ3) is 2.82. The topological polar surface area (TPSA) is 104 Å². The van der Waals surface area contributed by atoms with Crippen molar-refractivity contribution < 1.29 is 14.3 Å². The number of aromatic nitrogens is 3. The van der Waals surface area contributed by atoms with Crippen LogP contribution in [0.4, 0.5) is 11.4 Å². The molecule has 0 radical (unpaired) electrons. The van der Waals surface area contributed by atoms with Crippen molar-refractivity contribution in [2.24, 2.45) is 12.8 Å². The Hall–Kier alpha value is -3.29. The number of aryl methyl sites for hydroxylation is 2. The van der Waals surface area contributed by atoms with Crippen LogP contribution >= 0.6 is 0 Å². The Kier molecular flexibility index (Phi) is 4.18. The summed E-state index contributed by atoms with van der Waals surface area (Å²) < 4.78 is 12.3. The summed E-state index contributed by atoms with van der Waals surface area (Å²) in [6.07, 6.45) is 1.45. The fraction of sp³-hybridized carbons (Fsp3) is 0.235. The molecule has 1 aromatic carbocycles. The van der Waals surface area contributed by atoms with Crippen LogP contribution in [-0.4, -0.2) is 34.9 Å². The van der Waals surface area contributed by atoms with E-state index in [0.717, 1.165) is 11.1 Å². The zero-order valence-corrected chi connectivity index (χ0v) is 14.5. The van der Waals surface area contributed by atoms with Crippen LogP contribution in [0.1, 0.15) is 16.1 Å². The van der Waals surface area contributed by atoms with Gasteiger partial charge in [-0.15, -0.1) is 0 Å². The maximum absolute atomic E-state index is 11.9. The number of pyridine rings is 1. The number of benzene rings is 1. The number of nitrogens with two attached hydrogens (primary N) is 1. The number of amides is 1. The van der Waals surface area contributed by atoms with E-state index in [1.54, 1.807) is 44.1 Å². The highest BCUT2D eigenvalue weighted by atomic mass is 16.5. The zero-order valence-electron chi connectivity index (χ0n) is 14.5. The fourth-order valence-electron chi connectivity index (χ4n) is 2.76.